The molecule has 1 aromatic heterocycles. The standard InChI is InChI=1S/C34H37FN2O4/c1-22-18-26(12-16-30(22)34(40)41-21-23-6-3-2-4-7-23)32(38)24-10-14-29(15-11-24)37-33(39)27-13-17-31(36-20-27)25-8-5-9-28(35)19-25/h2-9,13,17,19-20,22,24,26,29-30H,10-12,14-16,18,21H2,1H3,(H,37,39)/t22-,24?,26?,29?,30?/m0/s1. The minimum Gasteiger partial charge on any atom is -0.461 e. The zero-order valence-corrected chi connectivity index (χ0v) is 23.4. The third kappa shape index (κ3) is 7.26. The predicted molar refractivity (Wildman–Crippen MR) is 154 cm³/mol. The number of esters is 1. The topological polar surface area (TPSA) is 85.4 Å². The zero-order valence-electron chi connectivity index (χ0n) is 23.4. The van der Waals surface area contributed by atoms with Crippen LogP contribution in [0.2, 0.25) is 0 Å². The summed E-state index contributed by atoms with van der Waals surface area (Å²) in [5.74, 6) is -0.428. The van der Waals surface area contributed by atoms with Crippen LogP contribution in [-0.2, 0) is 20.9 Å². The Kier molecular flexibility index (Phi) is 9.22. The van der Waals surface area contributed by atoms with Gasteiger partial charge in [0, 0.05) is 29.6 Å². The van der Waals surface area contributed by atoms with Crippen LogP contribution >= 0.6 is 0 Å². The molecule has 0 aliphatic heterocycles. The molecule has 2 unspecified atom stereocenters. The number of rotatable bonds is 8. The van der Waals surface area contributed by atoms with E-state index in [-0.39, 0.29) is 54.0 Å². The highest BCUT2D eigenvalue weighted by atomic mass is 19.1. The second-order valence-electron chi connectivity index (χ2n) is 11.6. The number of amides is 1. The summed E-state index contributed by atoms with van der Waals surface area (Å²) >= 11 is 0. The van der Waals surface area contributed by atoms with Crippen LogP contribution in [0.15, 0.2) is 72.9 Å². The molecular weight excluding hydrogens is 519 g/mol. The van der Waals surface area contributed by atoms with Crippen LogP contribution in [0.25, 0.3) is 11.3 Å². The number of carbonyl (C=O) groups excluding carboxylic acids is 3. The monoisotopic (exact) mass is 556 g/mol. The fourth-order valence-corrected chi connectivity index (χ4v) is 6.31. The van der Waals surface area contributed by atoms with E-state index in [1.165, 1.54) is 18.3 Å². The predicted octanol–water partition coefficient (Wildman–Crippen LogP) is 6.54. The van der Waals surface area contributed by atoms with Gasteiger partial charge in [-0.2, -0.15) is 0 Å². The maximum atomic E-state index is 13.5. The van der Waals surface area contributed by atoms with Gasteiger partial charge in [-0.05, 0) is 80.7 Å². The number of nitrogens with one attached hydrogen (secondary N) is 1. The van der Waals surface area contributed by atoms with Crippen molar-refractivity contribution >= 4 is 17.7 Å². The molecule has 1 heterocycles. The molecular formula is C34H37FN2O4. The quantitative estimate of drug-likeness (QED) is 0.319. The zero-order chi connectivity index (χ0) is 28.8. The highest BCUT2D eigenvalue weighted by molar-refractivity contribution is 5.94. The van der Waals surface area contributed by atoms with Crippen LogP contribution in [0.1, 0.15) is 67.8 Å². The van der Waals surface area contributed by atoms with Gasteiger partial charge in [0.1, 0.15) is 18.2 Å². The van der Waals surface area contributed by atoms with Gasteiger partial charge in [0.2, 0.25) is 0 Å². The Hall–Kier alpha value is -3.87. The van der Waals surface area contributed by atoms with Crippen molar-refractivity contribution in [2.24, 2.45) is 23.7 Å². The van der Waals surface area contributed by atoms with Crippen molar-refractivity contribution in [1.82, 2.24) is 10.3 Å². The number of benzene rings is 2. The molecule has 41 heavy (non-hydrogen) atoms. The Morgan fingerprint density at radius 3 is 2.34 bits per heavy atom. The van der Waals surface area contributed by atoms with E-state index >= 15 is 0 Å². The van der Waals surface area contributed by atoms with Gasteiger partial charge in [-0.25, -0.2) is 4.39 Å². The van der Waals surface area contributed by atoms with Gasteiger partial charge in [0.05, 0.1) is 17.2 Å². The average molecular weight is 557 g/mol. The molecule has 1 N–H and O–H groups in total. The second-order valence-corrected chi connectivity index (χ2v) is 11.6. The number of Topliss-reactive ketones (excluding diaryl/α,β-unsaturated/α-hetero) is 1. The van der Waals surface area contributed by atoms with E-state index in [1.54, 1.807) is 24.3 Å². The largest absolute Gasteiger partial charge is 0.461 e. The Morgan fingerprint density at radius 2 is 1.66 bits per heavy atom. The summed E-state index contributed by atoms with van der Waals surface area (Å²) in [5.41, 5.74) is 2.69. The van der Waals surface area contributed by atoms with E-state index in [0.29, 0.717) is 29.0 Å². The first-order valence-electron chi connectivity index (χ1n) is 14.6. The van der Waals surface area contributed by atoms with Crippen molar-refractivity contribution in [3.05, 3.63) is 89.9 Å². The highest BCUT2D eigenvalue weighted by Gasteiger charge is 2.39. The summed E-state index contributed by atoms with van der Waals surface area (Å²) < 4.78 is 19.1. The number of aromatic nitrogens is 1. The molecule has 2 fully saturated rings. The minimum absolute atomic E-state index is 0.00847. The third-order valence-corrected chi connectivity index (χ3v) is 8.71. The molecule has 2 aromatic carbocycles. The van der Waals surface area contributed by atoms with Crippen LogP contribution in [-0.4, -0.2) is 28.7 Å². The van der Waals surface area contributed by atoms with E-state index in [2.05, 4.69) is 17.2 Å². The summed E-state index contributed by atoms with van der Waals surface area (Å²) in [6, 6.07) is 19.3. The number of halogens is 1. The van der Waals surface area contributed by atoms with Crippen LogP contribution in [0.5, 0.6) is 0 Å². The third-order valence-electron chi connectivity index (χ3n) is 8.71. The summed E-state index contributed by atoms with van der Waals surface area (Å²) in [5, 5.41) is 3.09. The van der Waals surface area contributed by atoms with E-state index in [1.807, 2.05) is 30.3 Å². The van der Waals surface area contributed by atoms with Crippen molar-refractivity contribution in [2.45, 2.75) is 64.5 Å². The molecule has 3 aromatic rings. The lowest BCUT2D eigenvalue weighted by Gasteiger charge is -2.35. The molecule has 2 aliphatic rings. The maximum absolute atomic E-state index is 13.5. The van der Waals surface area contributed by atoms with Crippen molar-refractivity contribution in [1.29, 1.82) is 0 Å². The van der Waals surface area contributed by atoms with E-state index < -0.39 is 0 Å². The fourth-order valence-electron chi connectivity index (χ4n) is 6.31. The summed E-state index contributed by atoms with van der Waals surface area (Å²) in [6.07, 6.45) is 6.67. The van der Waals surface area contributed by atoms with Gasteiger partial charge in [-0.1, -0.05) is 49.4 Å². The molecule has 7 heteroatoms. The van der Waals surface area contributed by atoms with E-state index in [0.717, 1.165) is 44.1 Å². The van der Waals surface area contributed by atoms with Crippen molar-refractivity contribution < 1.29 is 23.5 Å². The Balaban J connectivity index is 1.06. The highest BCUT2D eigenvalue weighted by Crippen LogP contribution is 2.38. The molecule has 214 valence electrons. The van der Waals surface area contributed by atoms with Gasteiger partial charge < -0.3 is 10.1 Å². The van der Waals surface area contributed by atoms with Crippen LogP contribution in [0, 0.1) is 29.5 Å². The summed E-state index contributed by atoms with van der Waals surface area (Å²) in [7, 11) is 0. The first kappa shape index (κ1) is 28.7. The lowest BCUT2D eigenvalue weighted by molar-refractivity contribution is -0.154. The minimum atomic E-state index is -0.332. The molecule has 3 atom stereocenters. The number of ketones is 1. The van der Waals surface area contributed by atoms with Crippen LogP contribution in [0.3, 0.4) is 0 Å². The number of nitrogens with zero attached hydrogens (tertiary/aromatic N) is 1. The lowest BCUT2D eigenvalue weighted by Crippen LogP contribution is -2.40. The first-order valence-corrected chi connectivity index (χ1v) is 14.6. The van der Waals surface area contributed by atoms with Crippen molar-refractivity contribution in [3.8, 4) is 11.3 Å². The molecule has 0 radical (unpaired) electrons. The van der Waals surface area contributed by atoms with Gasteiger partial charge in [-0.3, -0.25) is 19.4 Å². The second kappa shape index (κ2) is 13.2. The van der Waals surface area contributed by atoms with E-state index in [4.69, 9.17) is 4.74 Å². The number of hydrogen-bond acceptors (Lipinski definition) is 5. The molecule has 2 saturated carbocycles. The average Bonchev–Trinajstić information content (AvgIpc) is 3.00. The molecule has 1 amide bonds. The molecule has 5 rings (SSSR count). The van der Waals surface area contributed by atoms with Gasteiger partial charge >= 0.3 is 5.97 Å². The normalized spacial score (nSPS) is 24.3. The maximum Gasteiger partial charge on any atom is 0.309 e. The van der Waals surface area contributed by atoms with Crippen LogP contribution in [0.4, 0.5) is 4.39 Å². The lowest BCUT2D eigenvalue weighted by atomic mass is 9.69. The smallest absolute Gasteiger partial charge is 0.309 e. The number of hydrogen-bond donors (Lipinski definition) is 1. The summed E-state index contributed by atoms with van der Waals surface area (Å²) in [6.45, 7) is 2.33. The first-order chi connectivity index (χ1) is 19.9. The number of pyridine rings is 1. The van der Waals surface area contributed by atoms with Crippen LogP contribution < -0.4 is 5.32 Å². The van der Waals surface area contributed by atoms with Gasteiger partial charge in [-0.15, -0.1) is 0 Å². The molecule has 6 nitrogen and oxygen atoms in total. The van der Waals surface area contributed by atoms with Gasteiger partial charge in [0.15, 0.2) is 0 Å². The Labute approximate surface area is 240 Å². The molecule has 0 spiro atoms. The van der Waals surface area contributed by atoms with Gasteiger partial charge in [0.25, 0.3) is 5.91 Å². The number of ether oxygens (including phenoxy) is 1. The van der Waals surface area contributed by atoms with Crippen molar-refractivity contribution in [3.63, 3.8) is 0 Å². The van der Waals surface area contributed by atoms with E-state index in [9.17, 15) is 18.8 Å². The molecule has 0 bridgehead atoms. The Bertz CT molecular complexity index is 1350. The molecule has 0 saturated heterocycles. The fraction of sp³-hybridized carbons (Fsp3) is 0.412. The summed E-state index contributed by atoms with van der Waals surface area (Å²) in [4.78, 5) is 43.2. The Morgan fingerprint density at radius 1 is 0.902 bits per heavy atom. The molecule has 2 aliphatic carbocycles. The number of carbonyl (C=O) groups is 3. The SMILES string of the molecule is C[C@H]1CC(C(=O)C2CCC(NC(=O)c3ccc(-c4cccc(F)c4)nc3)CC2)CCC1C(=O)OCc1ccccc1. The van der Waals surface area contributed by atoms with Crippen molar-refractivity contribution in [2.75, 3.05) is 0 Å².